The smallest absolute Gasteiger partial charge is 0.410 e. The summed E-state index contributed by atoms with van der Waals surface area (Å²) in [5, 5.41) is 12.1. The van der Waals surface area contributed by atoms with E-state index < -0.39 is 5.60 Å². The van der Waals surface area contributed by atoms with E-state index in [1.165, 1.54) is 0 Å². The van der Waals surface area contributed by atoms with E-state index >= 15 is 0 Å². The molecule has 1 aliphatic heterocycles. The third kappa shape index (κ3) is 6.66. The summed E-state index contributed by atoms with van der Waals surface area (Å²) in [6, 6.07) is 7.30. The van der Waals surface area contributed by atoms with Crippen LogP contribution in [0.25, 0.3) is 0 Å². The first-order valence-corrected chi connectivity index (χ1v) is 11.3. The molecule has 0 radical (unpaired) electrons. The fraction of sp³-hybridized carbons (Fsp3) is 0.500. The Morgan fingerprint density at radius 2 is 1.83 bits per heavy atom. The van der Waals surface area contributed by atoms with Gasteiger partial charge in [0.25, 0.3) is 5.88 Å². The van der Waals surface area contributed by atoms with Crippen molar-refractivity contribution in [2.45, 2.75) is 52.2 Å². The number of hydrogen-bond acceptors (Lipinski definition) is 8. The van der Waals surface area contributed by atoms with Crippen LogP contribution < -0.4 is 9.57 Å². The average Bonchev–Trinajstić information content (AvgIpc) is 3.13. The van der Waals surface area contributed by atoms with Crippen LogP contribution in [0.4, 0.5) is 4.79 Å². The van der Waals surface area contributed by atoms with Crippen molar-refractivity contribution >= 4 is 39.1 Å². The highest BCUT2D eigenvalue weighted by Crippen LogP contribution is 2.23. The predicted molar refractivity (Wildman–Crippen MR) is 118 cm³/mol. The molecule has 162 valence electrons. The topological polar surface area (TPSA) is 86.1 Å². The van der Waals surface area contributed by atoms with Gasteiger partial charge in [-0.05, 0) is 55.8 Å². The zero-order valence-corrected chi connectivity index (χ0v) is 19.8. The maximum absolute atomic E-state index is 12.1. The molecule has 3 rings (SSSR count). The second-order valence-electron chi connectivity index (χ2n) is 7.87. The number of carbonyl (C=O) groups is 1. The lowest BCUT2D eigenvalue weighted by molar-refractivity contribution is 0.0122. The molecular formula is C20H25BrN4O4S. The zero-order chi connectivity index (χ0) is 21.7. The quantitative estimate of drug-likeness (QED) is 0.432. The number of halogens is 1. The van der Waals surface area contributed by atoms with E-state index in [9.17, 15) is 4.79 Å². The number of amides is 1. The summed E-state index contributed by atoms with van der Waals surface area (Å²) in [6.45, 7) is 8.62. The van der Waals surface area contributed by atoms with Gasteiger partial charge >= 0.3 is 6.09 Å². The molecule has 30 heavy (non-hydrogen) atoms. The monoisotopic (exact) mass is 496 g/mol. The Morgan fingerprint density at radius 3 is 2.40 bits per heavy atom. The number of rotatable bonds is 5. The van der Waals surface area contributed by atoms with Crippen molar-refractivity contribution < 1.29 is 19.1 Å². The maximum atomic E-state index is 12.1. The molecule has 1 amide bonds. The van der Waals surface area contributed by atoms with Crippen molar-refractivity contribution in [1.82, 2.24) is 15.1 Å². The fourth-order valence-electron chi connectivity index (χ4n) is 2.74. The SMILES string of the molecule is CC(=NOc1ccc(OC2CCN(C(=O)OC(C)(C)C)CC2)nn1)c1ccc(Br)s1. The van der Waals surface area contributed by atoms with Gasteiger partial charge in [0.05, 0.1) is 14.4 Å². The number of likely N-dealkylation sites (tertiary alicyclic amines) is 1. The van der Waals surface area contributed by atoms with Gasteiger partial charge in [-0.3, -0.25) is 0 Å². The zero-order valence-electron chi connectivity index (χ0n) is 17.4. The summed E-state index contributed by atoms with van der Waals surface area (Å²) in [5.74, 6) is 0.707. The number of oxime groups is 1. The number of piperidine rings is 1. The first-order chi connectivity index (χ1) is 14.2. The Hall–Kier alpha value is -2.20. The highest BCUT2D eigenvalue weighted by molar-refractivity contribution is 9.11. The normalized spacial score (nSPS) is 15.8. The number of hydrogen-bond donors (Lipinski definition) is 0. The molecule has 0 aliphatic carbocycles. The number of nitrogens with zero attached hydrogens (tertiary/aromatic N) is 4. The van der Waals surface area contributed by atoms with Gasteiger partial charge in [0, 0.05) is 38.1 Å². The van der Waals surface area contributed by atoms with Gasteiger partial charge in [-0.15, -0.1) is 21.5 Å². The van der Waals surface area contributed by atoms with E-state index in [4.69, 9.17) is 14.3 Å². The van der Waals surface area contributed by atoms with Crippen molar-refractivity contribution in [3.8, 4) is 11.8 Å². The molecule has 0 atom stereocenters. The summed E-state index contributed by atoms with van der Waals surface area (Å²) in [7, 11) is 0. The van der Waals surface area contributed by atoms with Crippen molar-refractivity contribution in [2.24, 2.45) is 5.16 Å². The minimum Gasteiger partial charge on any atom is -0.473 e. The molecule has 0 saturated carbocycles. The first kappa shape index (κ1) is 22.5. The van der Waals surface area contributed by atoms with Crippen molar-refractivity contribution in [3.05, 3.63) is 32.9 Å². The van der Waals surface area contributed by atoms with Crippen LogP contribution >= 0.6 is 27.3 Å². The summed E-state index contributed by atoms with van der Waals surface area (Å²) >= 11 is 5.00. The van der Waals surface area contributed by atoms with Gasteiger partial charge in [-0.1, -0.05) is 5.16 Å². The molecule has 1 saturated heterocycles. The van der Waals surface area contributed by atoms with E-state index in [1.54, 1.807) is 28.4 Å². The minimum absolute atomic E-state index is 0.0257. The maximum Gasteiger partial charge on any atom is 0.410 e. The van der Waals surface area contributed by atoms with Gasteiger partial charge in [0.1, 0.15) is 11.7 Å². The lowest BCUT2D eigenvalue weighted by Crippen LogP contribution is -2.44. The second-order valence-corrected chi connectivity index (χ2v) is 10.3. The third-order valence-corrected chi connectivity index (χ3v) is 5.94. The molecule has 0 N–H and O–H groups in total. The molecular weight excluding hydrogens is 472 g/mol. The second kappa shape index (κ2) is 9.74. The van der Waals surface area contributed by atoms with Gasteiger partial charge in [-0.2, -0.15) is 0 Å². The summed E-state index contributed by atoms with van der Waals surface area (Å²) in [5.41, 5.74) is 0.261. The van der Waals surface area contributed by atoms with E-state index in [-0.39, 0.29) is 18.1 Å². The van der Waals surface area contributed by atoms with Crippen LogP contribution in [0.5, 0.6) is 11.8 Å². The van der Waals surface area contributed by atoms with Gasteiger partial charge in [0.15, 0.2) is 0 Å². The molecule has 2 aromatic heterocycles. The molecule has 3 heterocycles. The fourth-order valence-corrected chi connectivity index (χ4v) is 4.06. The Labute approximate surface area is 188 Å². The molecule has 10 heteroatoms. The third-order valence-electron chi connectivity index (χ3n) is 4.20. The molecule has 1 fully saturated rings. The van der Waals surface area contributed by atoms with Crippen LogP contribution in [0.15, 0.2) is 33.2 Å². The Morgan fingerprint density at radius 1 is 1.17 bits per heavy atom. The number of thiophene rings is 1. The van der Waals surface area contributed by atoms with E-state index in [0.717, 1.165) is 14.4 Å². The summed E-state index contributed by atoms with van der Waals surface area (Å²) in [6.07, 6.45) is 1.10. The van der Waals surface area contributed by atoms with E-state index in [0.29, 0.717) is 31.8 Å². The van der Waals surface area contributed by atoms with Crippen LogP contribution in [-0.2, 0) is 4.74 Å². The molecule has 0 aromatic carbocycles. The van der Waals surface area contributed by atoms with E-state index in [2.05, 4.69) is 31.3 Å². The van der Waals surface area contributed by atoms with Crippen molar-refractivity contribution in [3.63, 3.8) is 0 Å². The minimum atomic E-state index is -0.493. The molecule has 2 aromatic rings. The van der Waals surface area contributed by atoms with Gasteiger partial charge in [0.2, 0.25) is 5.88 Å². The van der Waals surface area contributed by atoms with Crippen molar-refractivity contribution in [1.29, 1.82) is 0 Å². The van der Waals surface area contributed by atoms with Crippen LogP contribution in [-0.4, -0.2) is 51.7 Å². The van der Waals surface area contributed by atoms with Crippen LogP contribution in [0.2, 0.25) is 0 Å². The standard InChI is InChI=1S/C20H25BrN4O4S/c1-13(15-5-6-16(21)30-15)24-29-18-8-7-17(22-23-18)27-14-9-11-25(12-10-14)19(26)28-20(2,3)4/h5-8,14H,9-12H2,1-4H3. The van der Waals surface area contributed by atoms with Crippen LogP contribution in [0.1, 0.15) is 45.4 Å². The molecule has 8 nitrogen and oxygen atoms in total. The van der Waals surface area contributed by atoms with Crippen LogP contribution in [0.3, 0.4) is 0 Å². The average molecular weight is 497 g/mol. The summed E-state index contributed by atoms with van der Waals surface area (Å²) < 4.78 is 12.3. The lowest BCUT2D eigenvalue weighted by Gasteiger charge is -2.33. The summed E-state index contributed by atoms with van der Waals surface area (Å²) in [4.78, 5) is 20.2. The molecule has 0 bridgehead atoms. The van der Waals surface area contributed by atoms with Crippen molar-refractivity contribution in [2.75, 3.05) is 13.1 Å². The predicted octanol–water partition coefficient (Wildman–Crippen LogP) is 4.88. The Kier molecular flexibility index (Phi) is 7.30. The lowest BCUT2D eigenvalue weighted by atomic mass is 10.1. The largest absolute Gasteiger partial charge is 0.473 e. The highest BCUT2D eigenvalue weighted by Gasteiger charge is 2.27. The number of aromatic nitrogens is 2. The number of ether oxygens (including phenoxy) is 2. The Bertz CT molecular complexity index is 887. The first-order valence-electron chi connectivity index (χ1n) is 9.65. The highest BCUT2D eigenvalue weighted by atomic mass is 79.9. The molecule has 0 spiro atoms. The van der Waals surface area contributed by atoms with Crippen LogP contribution in [0, 0.1) is 0 Å². The Balaban J connectivity index is 1.46. The van der Waals surface area contributed by atoms with Gasteiger partial charge in [-0.25, -0.2) is 4.79 Å². The van der Waals surface area contributed by atoms with Gasteiger partial charge < -0.3 is 19.2 Å². The molecule has 1 aliphatic rings. The molecule has 0 unspecified atom stereocenters. The number of carbonyl (C=O) groups excluding carboxylic acids is 1. The van der Waals surface area contributed by atoms with E-state index in [1.807, 2.05) is 39.8 Å².